The van der Waals surface area contributed by atoms with E-state index in [0.29, 0.717) is 18.8 Å². The third kappa shape index (κ3) is 9.31. The highest BCUT2D eigenvalue weighted by Crippen LogP contribution is 2.19. The number of benzene rings is 3. The van der Waals surface area contributed by atoms with Crippen LogP contribution >= 0.6 is 0 Å². The number of sulfonamides is 1. The van der Waals surface area contributed by atoms with Crippen molar-refractivity contribution in [1.29, 1.82) is 0 Å². The Morgan fingerprint density at radius 1 is 0.892 bits per heavy atom. The van der Waals surface area contributed by atoms with E-state index >= 15 is 0 Å². The average molecular weight is 525 g/mol. The van der Waals surface area contributed by atoms with Crippen LogP contribution in [0.1, 0.15) is 37.0 Å². The van der Waals surface area contributed by atoms with Crippen LogP contribution in [0.3, 0.4) is 0 Å². The van der Waals surface area contributed by atoms with Gasteiger partial charge in [-0.2, -0.15) is 0 Å². The van der Waals surface area contributed by atoms with Crippen molar-refractivity contribution in [3.63, 3.8) is 0 Å². The van der Waals surface area contributed by atoms with Crippen LogP contribution < -0.4 is 10.0 Å². The predicted molar refractivity (Wildman–Crippen MR) is 144 cm³/mol. The highest BCUT2D eigenvalue weighted by Gasteiger charge is 2.26. The molecule has 8 heteroatoms. The smallest absolute Gasteiger partial charge is 0.407 e. The summed E-state index contributed by atoms with van der Waals surface area (Å²) in [5.74, 6) is 0.442. The molecule has 0 saturated heterocycles. The number of aryl methyl sites for hydroxylation is 1. The number of hydrogen-bond donors (Lipinski definition) is 3. The largest absolute Gasteiger partial charge is 0.445 e. The van der Waals surface area contributed by atoms with Gasteiger partial charge in [-0.3, -0.25) is 0 Å². The number of nitrogens with one attached hydrogen (secondary N) is 2. The van der Waals surface area contributed by atoms with Crippen molar-refractivity contribution >= 4 is 16.1 Å². The fraction of sp³-hybridized carbons (Fsp3) is 0.345. The number of amides is 1. The zero-order chi connectivity index (χ0) is 26.7. The van der Waals surface area contributed by atoms with E-state index in [1.54, 1.807) is 12.1 Å². The summed E-state index contributed by atoms with van der Waals surface area (Å²) in [6.45, 7) is 4.00. The summed E-state index contributed by atoms with van der Waals surface area (Å²) in [6.07, 6.45) is -0.0749. The second kappa shape index (κ2) is 13.9. The third-order valence-electron chi connectivity index (χ3n) is 6.01. The van der Waals surface area contributed by atoms with Crippen LogP contribution in [0.15, 0.2) is 89.8 Å². The quantitative estimate of drug-likeness (QED) is 0.306. The topological polar surface area (TPSA) is 105 Å². The monoisotopic (exact) mass is 524 g/mol. The molecule has 0 spiro atoms. The van der Waals surface area contributed by atoms with Crippen molar-refractivity contribution in [2.24, 2.45) is 5.92 Å². The maximum absolute atomic E-state index is 13.1. The van der Waals surface area contributed by atoms with Gasteiger partial charge in [-0.15, -0.1) is 0 Å². The predicted octanol–water partition coefficient (Wildman–Crippen LogP) is 4.45. The lowest BCUT2D eigenvalue weighted by molar-refractivity contribution is 0.103. The van der Waals surface area contributed by atoms with Crippen LogP contribution in [-0.4, -0.2) is 38.3 Å². The van der Waals surface area contributed by atoms with E-state index in [0.717, 1.165) is 23.1 Å². The molecule has 0 aromatic heterocycles. The number of hydrogen-bond acceptors (Lipinski definition) is 5. The van der Waals surface area contributed by atoms with Gasteiger partial charge in [0.1, 0.15) is 6.61 Å². The number of rotatable bonds is 13. The van der Waals surface area contributed by atoms with Crippen LogP contribution in [0.4, 0.5) is 4.79 Å². The van der Waals surface area contributed by atoms with E-state index in [2.05, 4.69) is 23.9 Å². The van der Waals surface area contributed by atoms with Crippen molar-refractivity contribution in [3.05, 3.63) is 102 Å². The van der Waals surface area contributed by atoms with E-state index in [4.69, 9.17) is 4.74 Å². The lowest BCUT2D eigenvalue weighted by atomic mass is 10.0. The molecule has 0 radical (unpaired) electrons. The van der Waals surface area contributed by atoms with Gasteiger partial charge in [0.15, 0.2) is 0 Å². The SMILES string of the molecule is CC(C)CCc1ccccc1S(=O)(=O)NC[C@@H](O)C(Cc1ccccc1)NC(=O)OCc1ccccc1. The second-order valence-electron chi connectivity index (χ2n) is 9.46. The molecule has 3 N–H and O–H groups in total. The molecule has 1 amide bonds. The van der Waals surface area contributed by atoms with Gasteiger partial charge in [-0.25, -0.2) is 17.9 Å². The standard InChI is InChI=1S/C29H36N2O5S/c1-22(2)17-18-25-15-9-10-16-28(25)37(34,35)30-20-27(32)26(19-23-11-5-3-6-12-23)31-29(33)36-21-24-13-7-4-8-14-24/h3-16,22,26-27,30,32H,17-21H2,1-2H3,(H,31,33)/t26?,27-/m1/s1. The zero-order valence-electron chi connectivity index (χ0n) is 21.3. The highest BCUT2D eigenvalue weighted by molar-refractivity contribution is 7.89. The Bertz CT molecular complexity index is 1220. The van der Waals surface area contributed by atoms with Crippen molar-refractivity contribution in [1.82, 2.24) is 10.0 Å². The molecule has 7 nitrogen and oxygen atoms in total. The zero-order valence-corrected chi connectivity index (χ0v) is 22.2. The van der Waals surface area contributed by atoms with Gasteiger partial charge in [0, 0.05) is 6.54 Å². The fourth-order valence-electron chi connectivity index (χ4n) is 3.90. The van der Waals surface area contributed by atoms with Crippen LogP contribution in [0.5, 0.6) is 0 Å². The first-order valence-electron chi connectivity index (χ1n) is 12.5. The lowest BCUT2D eigenvalue weighted by Crippen LogP contribution is -2.49. The van der Waals surface area contributed by atoms with Crippen LogP contribution in [0.2, 0.25) is 0 Å². The summed E-state index contributed by atoms with van der Waals surface area (Å²) in [7, 11) is -3.87. The molecule has 37 heavy (non-hydrogen) atoms. The Hall–Kier alpha value is -3.20. The third-order valence-corrected chi connectivity index (χ3v) is 7.54. The Morgan fingerprint density at radius 2 is 1.49 bits per heavy atom. The summed E-state index contributed by atoms with van der Waals surface area (Å²) >= 11 is 0. The number of ether oxygens (including phenoxy) is 1. The fourth-order valence-corrected chi connectivity index (χ4v) is 5.22. The van der Waals surface area contributed by atoms with Gasteiger partial charge < -0.3 is 15.2 Å². The van der Waals surface area contributed by atoms with Gasteiger partial charge in [-0.1, -0.05) is 92.7 Å². The summed E-state index contributed by atoms with van der Waals surface area (Å²) in [4.78, 5) is 12.7. The molecule has 3 rings (SSSR count). The number of alkyl carbamates (subject to hydrolysis) is 1. The maximum Gasteiger partial charge on any atom is 0.407 e. The van der Waals surface area contributed by atoms with Crippen molar-refractivity contribution in [2.75, 3.05) is 6.54 Å². The van der Waals surface area contributed by atoms with E-state index in [1.165, 1.54) is 0 Å². The molecule has 0 heterocycles. The Kier molecular flexibility index (Phi) is 10.7. The molecule has 0 fully saturated rings. The summed E-state index contributed by atoms with van der Waals surface area (Å²) in [5.41, 5.74) is 2.46. The number of aliphatic hydroxyl groups excluding tert-OH is 1. The van der Waals surface area contributed by atoms with Crippen molar-refractivity contribution in [2.45, 2.75) is 56.8 Å². The molecule has 1 unspecified atom stereocenters. The molecule has 0 aliphatic rings. The number of carbonyl (C=O) groups excluding carboxylic acids is 1. The molecule has 0 bridgehead atoms. The average Bonchev–Trinajstić information content (AvgIpc) is 2.90. The molecule has 3 aromatic rings. The molecule has 198 valence electrons. The van der Waals surface area contributed by atoms with Gasteiger partial charge in [0.2, 0.25) is 10.0 Å². The molecule has 3 aromatic carbocycles. The molecular formula is C29H36N2O5S. The summed E-state index contributed by atoms with van der Waals surface area (Å²) in [5, 5.41) is 13.7. The second-order valence-corrected chi connectivity index (χ2v) is 11.2. The molecule has 0 aliphatic heterocycles. The van der Waals surface area contributed by atoms with Crippen LogP contribution in [-0.2, 0) is 34.2 Å². The lowest BCUT2D eigenvalue weighted by Gasteiger charge is -2.24. The van der Waals surface area contributed by atoms with Gasteiger partial charge in [0.05, 0.1) is 17.0 Å². The van der Waals surface area contributed by atoms with E-state index in [-0.39, 0.29) is 18.0 Å². The Balaban J connectivity index is 1.67. The highest BCUT2D eigenvalue weighted by atomic mass is 32.2. The van der Waals surface area contributed by atoms with Crippen molar-refractivity contribution in [3.8, 4) is 0 Å². The van der Waals surface area contributed by atoms with Gasteiger partial charge in [0.25, 0.3) is 0 Å². The molecular weight excluding hydrogens is 488 g/mol. The number of carbonyl (C=O) groups is 1. The first-order valence-corrected chi connectivity index (χ1v) is 14.0. The first kappa shape index (κ1) is 28.4. The minimum absolute atomic E-state index is 0.0839. The Labute approximate surface area is 219 Å². The normalized spacial score (nSPS) is 13.2. The summed E-state index contributed by atoms with van der Waals surface area (Å²) < 4.78 is 34.1. The minimum atomic E-state index is -3.87. The Morgan fingerprint density at radius 3 is 2.14 bits per heavy atom. The van der Waals surface area contributed by atoms with E-state index in [1.807, 2.05) is 72.8 Å². The van der Waals surface area contributed by atoms with Crippen LogP contribution in [0, 0.1) is 5.92 Å². The van der Waals surface area contributed by atoms with E-state index < -0.39 is 28.3 Å². The van der Waals surface area contributed by atoms with Gasteiger partial charge >= 0.3 is 6.09 Å². The minimum Gasteiger partial charge on any atom is -0.445 e. The van der Waals surface area contributed by atoms with Crippen molar-refractivity contribution < 1.29 is 23.1 Å². The number of aliphatic hydroxyl groups is 1. The van der Waals surface area contributed by atoms with Crippen LogP contribution in [0.25, 0.3) is 0 Å². The molecule has 0 saturated carbocycles. The molecule has 2 atom stereocenters. The maximum atomic E-state index is 13.1. The van der Waals surface area contributed by atoms with E-state index in [9.17, 15) is 18.3 Å². The van der Waals surface area contributed by atoms with Gasteiger partial charge in [-0.05, 0) is 47.9 Å². The first-order chi connectivity index (χ1) is 17.7. The summed E-state index contributed by atoms with van der Waals surface area (Å²) in [6, 6.07) is 24.8. The molecule has 0 aliphatic carbocycles.